The highest BCUT2D eigenvalue weighted by molar-refractivity contribution is 5.70. The monoisotopic (exact) mass is 1110 g/mol. The molecule has 0 N–H and O–H groups in total. The van der Waals surface area contributed by atoms with E-state index >= 15 is 0 Å². The molecular formula is C70H129NO8. The van der Waals surface area contributed by atoms with Gasteiger partial charge in [-0.2, -0.15) is 0 Å². The number of carboxylic acids is 1. The minimum atomic E-state index is -1.62. The van der Waals surface area contributed by atoms with Crippen molar-refractivity contribution in [3.63, 3.8) is 0 Å². The van der Waals surface area contributed by atoms with Crippen LogP contribution in [0.2, 0.25) is 0 Å². The van der Waals surface area contributed by atoms with Crippen molar-refractivity contribution in [2.45, 2.75) is 334 Å². The van der Waals surface area contributed by atoms with Crippen molar-refractivity contribution in [3.8, 4) is 0 Å². The van der Waals surface area contributed by atoms with E-state index < -0.39 is 24.3 Å². The second kappa shape index (κ2) is 61.3. The predicted molar refractivity (Wildman–Crippen MR) is 334 cm³/mol. The zero-order valence-electron chi connectivity index (χ0n) is 52.8. The number of carbonyl (C=O) groups is 3. The van der Waals surface area contributed by atoms with Gasteiger partial charge in [0, 0.05) is 12.8 Å². The number of nitrogens with zero attached hydrogens (tertiary/aromatic N) is 1. The largest absolute Gasteiger partial charge is 0.545 e. The SMILES string of the molecule is CCCCC/C=C\C/C=C\CCCCCCCCCC(=O)OCC(COC(OCC[N+](C)(C)C)C(=O)[O-])OC(=O)CCCCCCCCCCCCCCCCCCCCCCCCCCC/C=C\C/C=C\CCCCCCC. The van der Waals surface area contributed by atoms with Gasteiger partial charge in [0.1, 0.15) is 13.2 Å². The number of carbonyl (C=O) groups excluding carboxylic acids is 3. The molecule has 0 fully saturated rings. The minimum Gasteiger partial charge on any atom is -0.545 e. The zero-order chi connectivity index (χ0) is 57.6. The third kappa shape index (κ3) is 62.7. The van der Waals surface area contributed by atoms with Gasteiger partial charge in [-0.1, -0.05) is 281 Å². The topological polar surface area (TPSA) is 111 Å². The highest BCUT2D eigenvalue weighted by Gasteiger charge is 2.22. The fourth-order valence-electron chi connectivity index (χ4n) is 9.84. The summed E-state index contributed by atoms with van der Waals surface area (Å²) in [5.74, 6) is -2.28. The van der Waals surface area contributed by atoms with Crippen LogP contribution >= 0.6 is 0 Å². The molecule has 9 heteroatoms. The van der Waals surface area contributed by atoms with Gasteiger partial charge in [0.05, 0.1) is 40.3 Å². The van der Waals surface area contributed by atoms with Crippen molar-refractivity contribution in [1.29, 1.82) is 0 Å². The smallest absolute Gasteiger partial charge is 0.306 e. The molecule has 9 nitrogen and oxygen atoms in total. The summed E-state index contributed by atoms with van der Waals surface area (Å²) >= 11 is 0. The van der Waals surface area contributed by atoms with Crippen LogP contribution in [-0.2, 0) is 33.3 Å². The standard InChI is InChI=1S/C70H129NO8/c1-6-8-10-12-14-16-18-20-22-24-25-26-27-28-29-30-31-32-33-34-35-36-37-38-39-40-41-42-43-45-47-49-51-53-55-57-59-61-68(73)79-66(65-78-70(69(74)75)76-63-62-71(3,4)5)64-77-67(72)60-58-56-54-52-50-48-46-44-23-21-19-17-15-13-11-9-7-2/h15,17-18,20-21,23-25,66,70H,6-14,16,19,22,26-65H2,1-5H3/b17-15-,20-18-,23-21-,25-24-. The van der Waals surface area contributed by atoms with Gasteiger partial charge in [-0.15, -0.1) is 0 Å². The van der Waals surface area contributed by atoms with Gasteiger partial charge < -0.3 is 33.3 Å². The second-order valence-electron chi connectivity index (χ2n) is 24.1. The molecule has 0 aliphatic heterocycles. The molecule has 0 rings (SSSR count). The van der Waals surface area contributed by atoms with Crippen LogP contribution in [0, 0.1) is 0 Å². The average molecular weight is 1110 g/mol. The molecule has 0 bridgehead atoms. The zero-order valence-corrected chi connectivity index (χ0v) is 52.8. The Labute approximate surface area is 489 Å². The van der Waals surface area contributed by atoms with Crippen molar-refractivity contribution in [1.82, 2.24) is 0 Å². The summed E-state index contributed by atoms with van der Waals surface area (Å²) in [5, 5.41) is 11.8. The first kappa shape index (κ1) is 76.2. The molecule has 0 spiro atoms. The quantitative estimate of drug-likeness (QED) is 0.0195. The number of hydrogen-bond acceptors (Lipinski definition) is 8. The van der Waals surface area contributed by atoms with E-state index in [1.165, 1.54) is 231 Å². The van der Waals surface area contributed by atoms with E-state index in [0.717, 1.165) is 57.8 Å². The first-order valence-corrected chi connectivity index (χ1v) is 33.8. The van der Waals surface area contributed by atoms with Crippen molar-refractivity contribution in [3.05, 3.63) is 48.6 Å². The maximum absolute atomic E-state index is 12.9. The van der Waals surface area contributed by atoms with Gasteiger partial charge in [0.2, 0.25) is 0 Å². The molecule has 2 unspecified atom stereocenters. The van der Waals surface area contributed by atoms with Gasteiger partial charge in [-0.3, -0.25) is 9.59 Å². The average Bonchev–Trinajstić information content (AvgIpc) is 3.42. The van der Waals surface area contributed by atoms with E-state index in [-0.39, 0.29) is 38.6 Å². The van der Waals surface area contributed by atoms with Crippen LogP contribution in [-0.4, -0.2) is 82.3 Å². The van der Waals surface area contributed by atoms with Crippen molar-refractivity contribution >= 4 is 17.9 Å². The molecule has 0 aromatic carbocycles. The number of hydrogen-bond donors (Lipinski definition) is 0. The van der Waals surface area contributed by atoms with Crippen LogP contribution in [0.5, 0.6) is 0 Å². The number of carboxylic acid groups (broad SMARTS) is 1. The molecule has 0 aliphatic rings. The summed E-state index contributed by atoms with van der Waals surface area (Å²) in [6, 6.07) is 0. The Morgan fingerprint density at radius 1 is 0.380 bits per heavy atom. The number of aliphatic carboxylic acids is 1. The number of quaternary nitrogens is 1. The van der Waals surface area contributed by atoms with Gasteiger partial charge in [-0.05, 0) is 77.0 Å². The van der Waals surface area contributed by atoms with Crippen LogP contribution in [0.25, 0.3) is 0 Å². The molecule has 0 heterocycles. The summed E-state index contributed by atoms with van der Waals surface area (Å²) in [4.78, 5) is 37.4. The molecule has 0 aromatic rings. The Kier molecular flexibility index (Phi) is 59.2. The van der Waals surface area contributed by atoms with Crippen LogP contribution in [0.1, 0.15) is 322 Å². The Balaban J connectivity index is 3.99. The highest BCUT2D eigenvalue weighted by atomic mass is 16.7. The molecule has 462 valence electrons. The Bertz CT molecular complexity index is 1430. The maximum atomic E-state index is 12.9. The maximum Gasteiger partial charge on any atom is 0.306 e. The summed E-state index contributed by atoms with van der Waals surface area (Å²) in [5.41, 5.74) is 0. The van der Waals surface area contributed by atoms with Gasteiger partial charge in [0.25, 0.3) is 0 Å². The molecule has 0 amide bonds. The van der Waals surface area contributed by atoms with Crippen LogP contribution < -0.4 is 5.11 Å². The third-order valence-corrected chi connectivity index (χ3v) is 15.0. The van der Waals surface area contributed by atoms with Crippen molar-refractivity contribution in [2.75, 3.05) is 47.5 Å². The Morgan fingerprint density at radius 3 is 1.03 bits per heavy atom. The number of esters is 2. The minimum absolute atomic E-state index is 0.147. The van der Waals surface area contributed by atoms with Gasteiger partial charge in [-0.25, -0.2) is 0 Å². The highest BCUT2D eigenvalue weighted by Crippen LogP contribution is 2.18. The fraction of sp³-hybridized carbons (Fsp3) is 0.843. The van der Waals surface area contributed by atoms with E-state index in [1.54, 1.807) is 0 Å². The van der Waals surface area contributed by atoms with Gasteiger partial charge >= 0.3 is 11.9 Å². The first-order chi connectivity index (χ1) is 38.6. The number of allylic oxidation sites excluding steroid dienone is 8. The summed E-state index contributed by atoms with van der Waals surface area (Å²) < 4.78 is 22.7. The van der Waals surface area contributed by atoms with Crippen LogP contribution in [0.3, 0.4) is 0 Å². The molecule has 0 saturated heterocycles. The van der Waals surface area contributed by atoms with Crippen LogP contribution in [0.4, 0.5) is 0 Å². The predicted octanol–water partition coefficient (Wildman–Crippen LogP) is 19.2. The molecule has 0 aliphatic carbocycles. The van der Waals surface area contributed by atoms with Gasteiger partial charge in [0.15, 0.2) is 12.4 Å². The lowest BCUT2D eigenvalue weighted by Crippen LogP contribution is -2.44. The van der Waals surface area contributed by atoms with Crippen molar-refractivity contribution in [2.24, 2.45) is 0 Å². The Morgan fingerprint density at radius 2 is 0.684 bits per heavy atom. The lowest BCUT2D eigenvalue weighted by atomic mass is 10.0. The Hall–Kier alpha value is -2.75. The normalized spacial score (nSPS) is 13.0. The van der Waals surface area contributed by atoms with E-state index in [1.807, 2.05) is 21.1 Å². The molecule has 0 saturated carbocycles. The number of likely N-dealkylation sites (N-methyl/N-ethyl adjacent to an activating group) is 1. The van der Waals surface area contributed by atoms with E-state index in [9.17, 15) is 19.5 Å². The number of unbranched alkanes of at least 4 members (excludes halogenated alkanes) is 40. The molecule has 79 heavy (non-hydrogen) atoms. The first-order valence-electron chi connectivity index (χ1n) is 33.8. The molecular weight excluding hydrogens is 983 g/mol. The lowest BCUT2D eigenvalue weighted by molar-refractivity contribution is -0.870. The number of rotatable bonds is 63. The summed E-state index contributed by atoms with van der Waals surface area (Å²) in [6.45, 7) is 4.74. The van der Waals surface area contributed by atoms with E-state index in [4.69, 9.17) is 18.9 Å². The summed E-state index contributed by atoms with van der Waals surface area (Å²) in [7, 11) is 5.93. The summed E-state index contributed by atoms with van der Waals surface area (Å²) in [6.07, 6.45) is 74.9. The fourth-order valence-corrected chi connectivity index (χ4v) is 9.84. The number of ether oxygens (including phenoxy) is 4. The molecule has 0 radical (unpaired) electrons. The van der Waals surface area contributed by atoms with E-state index in [2.05, 4.69) is 62.5 Å². The van der Waals surface area contributed by atoms with Crippen LogP contribution in [0.15, 0.2) is 48.6 Å². The third-order valence-electron chi connectivity index (χ3n) is 15.0. The molecule has 2 atom stereocenters. The lowest BCUT2D eigenvalue weighted by Gasteiger charge is -2.26. The van der Waals surface area contributed by atoms with Crippen molar-refractivity contribution < 1.29 is 42.9 Å². The molecule has 0 aromatic heterocycles. The second-order valence-corrected chi connectivity index (χ2v) is 24.1. The van der Waals surface area contributed by atoms with E-state index in [0.29, 0.717) is 17.4 Å².